The Morgan fingerprint density at radius 1 is 1.11 bits per heavy atom. The molecule has 0 aliphatic heterocycles. The fourth-order valence-electron chi connectivity index (χ4n) is 4.44. The van der Waals surface area contributed by atoms with Crippen molar-refractivity contribution in [3.8, 4) is 11.3 Å². The van der Waals surface area contributed by atoms with Crippen molar-refractivity contribution in [1.29, 1.82) is 0 Å². The van der Waals surface area contributed by atoms with Gasteiger partial charge in [-0.1, -0.05) is 0 Å². The molecule has 2 heterocycles. The Kier molecular flexibility index (Phi) is 7.39. The van der Waals surface area contributed by atoms with Crippen LogP contribution in [0, 0.1) is 11.6 Å². The maximum Gasteiger partial charge on any atom is 0.416 e. The van der Waals surface area contributed by atoms with Crippen molar-refractivity contribution in [3.63, 3.8) is 0 Å². The number of nitrogens with one attached hydrogen (secondary N) is 1. The predicted molar refractivity (Wildman–Crippen MR) is 134 cm³/mol. The van der Waals surface area contributed by atoms with E-state index >= 15 is 0 Å². The Labute approximate surface area is 218 Å². The van der Waals surface area contributed by atoms with Crippen LogP contribution in [0.4, 0.5) is 23.8 Å². The topological polar surface area (TPSA) is 97.3 Å². The van der Waals surface area contributed by atoms with Crippen molar-refractivity contribution in [2.75, 3.05) is 18.5 Å². The summed E-state index contributed by atoms with van der Waals surface area (Å²) in [4.78, 5) is 30.6. The second-order valence-electron chi connectivity index (χ2n) is 10.2. The molecular formula is C27H28F3N5O3. The van der Waals surface area contributed by atoms with Crippen LogP contribution in [0.1, 0.15) is 49.7 Å². The lowest BCUT2D eigenvalue weighted by molar-refractivity contribution is 0.0507. The molecule has 0 saturated heterocycles. The number of hydrogen-bond acceptors (Lipinski definition) is 6. The molecule has 0 bridgehead atoms. The van der Waals surface area contributed by atoms with Gasteiger partial charge in [-0.3, -0.25) is 14.7 Å². The molecule has 0 unspecified atom stereocenters. The molecule has 38 heavy (non-hydrogen) atoms. The van der Waals surface area contributed by atoms with Gasteiger partial charge in [0.1, 0.15) is 23.4 Å². The summed E-state index contributed by atoms with van der Waals surface area (Å²) in [5, 5.41) is 10.7. The first-order valence-electron chi connectivity index (χ1n) is 12.0. The summed E-state index contributed by atoms with van der Waals surface area (Å²) >= 11 is 0. The number of carbonyl (C=O) groups excluding carboxylic acids is 2. The van der Waals surface area contributed by atoms with E-state index in [0.717, 1.165) is 6.07 Å². The summed E-state index contributed by atoms with van der Waals surface area (Å²) in [5.41, 5.74) is -1.51. The number of halogens is 3. The molecule has 1 aromatic carbocycles. The van der Waals surface area contributed by atoms with E-state index in [0.29, 0.717) is 0 Å². The summed E-state index contributed by atoms with van der Waals surface area (Å²) in [6.07, 6.45) is -0.627. The molecule has 1 aliphatic carbocycles. The van der Waals surface area contributed by atoms with Crippen LogP contribution in [0.2, 0.25) is 0 Å². The lowest BCUT2D eigenvalue weighted by Crippen LogP contribution is -2.54. The molecule has 2 amide bonds. The van der Waals surface area contributed by atoms with Gasteiger partial charge in [0, 0.05) is 36.3 Å². The third kappa shape index (κ3) is 5.61. The summed E-state index contributed by atoms with van der Waals surface area (Å²) < 4.78 is 49.0. The summed E-state index contributed by atoms with van der Waals surface area (Å²) in [6.45, 7) is 4.91. The van der Waals surface area contributed by atoms with Gasteiger partial charge in [0.15, 0.2) is 5.82 Å². The van der Waals surface area contributed by atoms with Gasteiger partial charge in [0.05, 0.1) is 11.4 Å². The van der Waals surface area contributed by atoms with Crippen LogP contribution in [0.5, 0.6) is 0 Å². The van der Waals surface area contributed by atoms with Gasteiger partial charge in [-0.25, -0.2) is 18.0 Å². The molecule has 0 spiro atoms. The van der Waals surface area contributed by atoms with Gasteiger partial charge >= 0.3 is 6.09 Å². The maximum atomic E-state index is 14.7. The molecule has 1 N–H and O–H groups in total. The van der Waals surface area contributed by atoms with E-state index in [2.05, 4.69) is 20.5 Å². The highest BCUT2D eigenvalue weighted by atomic mass is 19.1. The van der Waals surface area contributed by atoms with Crippen LogP contribution in [0.25, 0.3) is 11.3 Å². The van der Waals surface area contributed by atoms with Crippen LogP contribution in [0.3, 0.4) is 0 Å². The summed E-state index contributed by atoms with van der Waals surface area (Å²) in [6, 6.07) is 9.40. The Balaban J connectivity index is 1.71. The molecule has 0 atom stereocenters. The minimum Gasteiger partial charge on any atom is -0.443 e. The van der Waals surface area contributed by atoms with Crippen molar-refractivity contribution in [2.24, 2.45) is 0 Å². The number of anilines is 1. The van der Waals surface area contributed by atoms with Crippen molar-refractivity contribution in [2.45, 2.75) is 50.8 Å². The summed E-state index contributed by atoms with van der Waals surface area (Å²) in [7, 11) is 1.46. The molecule has 2 aromatic heterocycles. The number of pyridine rings is 1. The zero-order valence-corrected chi connectivity index (χ0v) is 21.5. The molecule has 8 nitrogen and oxygen atoms in total. The van der Waals surface area contributed by atoms with Gasteiger partial charge in [-0.15, -0.1) is 10.2 Å². The monoisotopic (exact) mass is 527 g/mol. The zero-order valence-electron chi connectivity index (χ0n) is 21.5. The number of amides is 2. The van der Waals surface area contributed by atoms with Crippen LogP contribution < -0.4 is 10.2 Å². The molecule has 3 aromatic rings. The number of benzene rings is 1. The van der Waals surface area contributed by atoms with Crippen molar-refractivity contribution >= 4 is 17.8 Å². The third-order valence-electron chi connectivity index (χ3n) is 6.22. The summed E-state index contributed by atoms with van der Waals surface area (Å²) in [5.74, 6) is -1.57. The van der Waals surface area contributed by atoms with Gasteiger partial charge in [0.25, 0.3) is 5.91 Å². The molecule has 1 saturated carbocycles. The standard InChI is InChI=1S/C27H28F3N5O3/c1-26(2,3)38-25(37)35(15-27(13-17(28)14-27)23-20(30)6-5-11-32-23)22-10-9-21(33-34-22)18-12-16(24(36)31-4)7-8-19(18)29/h5-12,17H,13-15H2,1-4H3,(H,31,36)/t17-,27+. The minimum atomic E-state index is -1.18. The van der Waals surface area contributed by atoms with E-state index in [1.54, 1.807) is 20.8 Å². The fraction of sp³-hybridized carbons (Fsp3) is 0.370. The number of carbonyl (C=O) groups is 2. The van der Waals surface area contributed by atoms with Crippen LogP contribution >= 0.6 is 0 Å². The molecule has 1 fully saturated rings. The zero-order chi connectivity index (χ0) is 27.7. The Bertz CT molecular complexity index is 1340. The van der Waals surface area contributed by atoms with E-state index in [1.165, 1.54) is 54.5 Å². The average Bonchev–Trinajstić information content (AvgIpc) is 2.85. The largest absolute Gasteiger partial charge is 0.443 e. The van der Waals surface area contributed by atoms with E-state index in [1.807, 2.05) is 0 Å². The van der Waals surface area contributed by atoms with E-state index in [9.17, 15) is 22.8 Å². The lowest BCUT2D eigenvalue weighted by Gasteiger charge is -2.46. The van der Waals surface area contributed by atoms with Crippen molar-refractivity contribution in [3.05, 3.63) is 71.6 Å². The van der Waals surface area contributed by atoms with Crippen LogP contribution in [-0.2, 0) is 10.2 Å². The molecule has 4 rings (SSSR count). The number of aromatic nitrogens is 3. The van der Waals surface area contributed by atoms with Crippen molar-refractivity contribution < 1.29 is 27.5 Å². The highest BCUT2D eigenvalue weighted by Gasteiger charge is 2.51. The normalized spacial score (nSPS) is 18.9. The lowest BCUT2D eigenvalue weighted by atomic mass is 9.64. The van der Waals surface area contributed by atoms with Gasteiger partial charge in [0.2, 0.25) is 0 Å². The van der Waals surface area contributed by atoms with E-state index < -0.39 is 40.8 Å². The van der Waals surface area contributed by atoms with Crippen LogP contribution in [0.15, 0.2) is 48.7 Å². The second kappa shape index (κ2) is 10.4. The number of nitrogens with zero attached hydrogens (tertiary/aromatic N) is 4. The Morgan fingerprint density at radius 2 is 1.84 bits per heavy atom. The van der Waals surface area contributed by atoms with Gasteiger partial charge < -0.3 is 10.1 Å². The maximum absolute atomic E-state index is 14.7. The highest BCUT2D eigenvalue weighted by molar-refractivity contribution is 5.95. The van der Waals surface area contributed by atoms with E-state index in [4.69, 9.17) is 4.74 Å². The first kappa shape index (κ1) is 27.0. The number of ether oxygens (including phenoxy) is 1. The average molecular weight is 528 g/mol. The quantitative estimate of drug-likeness (QED) is 0.485. The van der Waals surface area contributed by atoms with Gasteiger partial charge in [-0.2, -0.15) is 0 Å². The number of hydrogen-bond donors (Lipinski definition) is 1. The SMILES string of the molecule is CNC(=O)c1ccc(F)c(-c2ccc(N(C[C@]3(c4ncccc4F)C[C@@H](F)C3)C(=O)OC(C)(C)C)nn2)c1. The smallest absolute Gasteiger partial charge is 0.416 e. The minimum absolute atomic E-state index is 0.0385. The Hall–Kier alpha value is -4.02. The first-order valence-corrected chi connectivity index (χ1v) is 12.0. The number of rotatable bonds is 6. The van der Waals surface area contributed by atoms with Crippen molar-refractivity contribution in [1.82, 2.24) is 20.5 Å². The first-order chi connectivity index (χ1) is 17.9. The molecule has 0 radical (unpaired) electrons. The third-order valence-corrected chi connectivity index (χ3v) is 6.22. The molecule has 200 valence electrons. The Morgan fingerprint density at radius 3 is 2.42 bits per heavy atom. The second-order valence-corrected chi connectivity index (χ2v) is 10.2. The fourth-order valence-corrected chi connectivity index (χ4v) is 4.44. The molecular weight excluding hydrogens is 499 g/mol. The van der Waals surface area contributed by atoms with Gasteiger partial charge in [-0.05, 0) is 76.1 Å². The molecule has 1 aliphatic rings. The van der Waals surface area contributed by atoms with Crippen LogP contribution in [-0.4, -0.2) is 52.5 Å². The number of alkyl halides is 1. The molecule has 11 heteroatoms. The predicted octanol–water partition coefficient (Wildman–Crippen LogP) is 4.99. The van der Waals surface area contributed by atoms with E-state index in [-0.39, 0.29) is 47.7 Å². The highest BCUT2D eigenvalue weighted by Crippen LogP contribution is 2.46.